The zero-order valence-corrected chi connectivity index (χ0v) is 20.7. The number of aliphatic hydroxyl groups is 1. The molecule has 0 radical (unpaired) electrons. The van der Waals surface area contributed by atoms with Gasteiger partial charge >= 0.3 is 0 Å². The Morgan fingerprint density at radius 2 is 1.79 bits per heavy atom. The Morgan fingerprint density at radius 3 is 2.39 bits per heavy atom. The molecule has 0 bridgehead atoms. The minimum absolute atomic E-state index is 0. The Kier molecular flexibility index (Phi) is 12.9. The number of rotatable bonds is 9. The summed E-state index contributed by atoms with van der Waals surface area (Å²) in [6.45, 7) is 13.2. The Bertz CT molecular complexity index is 429. The summed E-state index contributed by atoms with van der Waals surface area (Å²) in [6, 6.07) is 0. The lowest BCUT2D eigenvalue weighted by Crippen LogP contribution is -2.47. The summed E-state index contributed by atoms with van der Waals surface area (Å²) in [6.07, 6.45) is 7.18. The number of aliphatic hydroxyl groups excluding tert-OH is 1. The highest BCUT2D eigenvalue weighted by Crippen LogP contribution is 2.39. The first-order valence-corrected chi connectivity index (χ1v) is 11.1. The van der Waals surface area contributed by atoms with E-state index in [1.165, 1.54) is 58.3 Å². The van der Waals surface area contributed by atoms with Crippen LogP contribution in [0.4, 0.5) is 0 Å². The van der Waals surface area contributed by atoms with Gasteiger partial charge in [-0.15, -0.1) is 24.0 Å². The lowest BCUT2D eigenvalue weighted by Gasteiger charge is -2.36. The van der Waals surface area contributed by atoms with E-state index in [-0.39, 0.29) is 36.0 Å². The standard InChI is InChI=1S/C21H43N5O.HI/c1-4-22-20(24-18-21(10-15-27)8-6-5-7-9-21)23-16-19(2)17-26-13-11-25(3)12-14-26;/h19,27H,4-18H2,1-3H3,(H2,22,23,24);1H. The second kappa shape index (κ2) is 14.0. The molecule has 2 fully saturated rings. The normalized spacial score (nSPS) is 22.4. The third-order valence-electron chi connectivity index (χ3n) is 6.26. The topological polar surface area (TPSA) is 63.1 Å². The summed E-state index contributed by atoms with van der Waals surface area (Å²) in [5.74, 6) is 1.53. The fourth-order valence-electron chi connectivity index (χ4n) is 4.42. The van der Waals surface area contributed by atoms with Gasteiger partial charge in [-0.3, -0.25) is 4.99 Å². The van der Waals surface area contributed by atoms with Crippen molar-refractivity contribution in [1.29, 1.82) is 0 Å². The van der Waals surface area contributed by atoms with Crippen LogP contribution >= 0.6 is 24.0 Å². The van der Waals surface area contributed by atoms with E-state index in [0.717, 1.165) is 38.6 Å². The summed E-state index contributed by atoms with van der Waals surface area (Å²) in [5, 5.41) is 16.5. The first-order chi connectivity index (χ1) is 13.1. The van der Waals surface area contributed by atoms with Crippen LogP contribution in [0.5, 0.6) is 0 Å². The molecule has 0 aromatic carbocycles. The number of halogens is 1. The fraction of sp³-hybridized carbons (Fsp3) is 0.952. The van der Waals surface area contributed by atoms with Gasteiger partial charge in [0, 0.05) is 59.0 Å². The van der Waals surface area contributed by atoms with Gasteiger partial charge in [0.15, 0.2) is 5.96 Å². The first-order valence-electron chi connectivity index (χ1n) is 11.1. The smallest absolute Gasteiger partial charge is 0.191 e. The van der Waals surface area contributed by atoms with Crippen LogP contribution < -0.4 is 10.6 Å². The molecule has 1 saturated heterocycles. The second-order valence-electron chi connectivity index (χ2n) is 8.82. The van der Waals surface area contributed by atoms with Crippen LogP contribution in [-0.2, 0) is 0 Å². The van der Waals surface area contributed by atoms with Crippen LogP contribution in [0.15, 0.2) is 4.99 Å². The van der Waals surface area contributed by atoms with Crippen LogP contribution in [0.3, 0.4) is 0 Å². The van der Waals surface area contributed by atoms with Gasteiger partial charge in [0.1, 0.15) is 0 Å². The lowest BCUT2D eigenvalue weighted by molar-refractivity contribution is 0.137. The van der Waals surface area contributed by atoms with E-state index in [2.05, 4.69) is 41.3 Å². The molecular formula is C21H44IN5O. The van der Waals surface area contributed by atoms with Gasteiger partial charge < -0.3 is 25.5 Å². The van der Waals surface area contributed by atoms with Crippen LogP contribution in [0.2, 0.25) is 0 Å². The minimum Gasteiger partial charge on any atom is -0.396 e. The van der Waals surface area contributed by atoms with Crippen molar-refractivity contribution < 1.29 is 5.11 Å². The fourth-order valence-corrected chi connectivity index (χ4v) is 4.42. The molecule has 2 rings (SSSR count). The molecule has 1 saturated carbocycles. The summed E-state index contributed by atoms with van der Waals surface area (Å²) >= 11 is 0. The highest BCUT2D eigenvalue weighted by atomic mass is 127. The van der Waals surface area contributed by atoms with Crippen molar-refractivity contribution in [2.24, 2.45) is 16.3 Å². The quantitative estimate of drug-likeness (QED) is 0.253. The molecule has 0 amide bonds. The number of likely N-dealkylation sites (N-methyl/N-ethyl adjacent to an activating group) is 1. The molecule has 1 aliphatic carbocycles. The average Bonchev–Trinajstić information content (AvgIpc) is 2.67. The van der Waals surface area contributed by atoms with Crippen LogP contribution in [-0.4, -0.2) is 86.9 Å². The lowest BCUT2D eigenvalue weighted by atomic mass is 9.72. The van der Waals surface area contributed by atoms with Crippen molar-refractivity contribution in [2.45, 2.75) is 52.4 Å². The number of guanidine groups is 1. The molecular weight excluding hydrogens is 465 g/mol. The molecule has 6 nitrogen and oxygen atoms in total. The number of nitrogens with zero attached hydrogens (tertiary/aromatic N) is 3. The second-order valence-corrected chi connectivity index (χ2v) is 8.82. The molecule has 7 heteroatoms. The van der Waals surface area contributed by atoms with Crippen LogP contribution in [0, 0.1) is 11.3 Å². The Labute approximate surface area is 189 Å². The van der Waals surface area contributed by atoms with Gasteiger partial charge in [0.05, 0.1) is 0 Å². The third kappa shape index (κ3) is 9.13. The summed E-state index contributed by atoms with van der Waals surface area (Å²) in [5.41, 5.74) is 0.209. The molecule has 28 heavy (non-hydrogen) atoms. The van der Waals surface area contributed by atoms with Crippen LogP contribution in [0.25, 0.3) is 0 Å². The zero-order valence-electron chi connectivity index (χ0n) is 18.4. The maximum Gasteiger partial charge on any atom is 0.191 e. The molecule has 0 spiro atoms. The van der Waals surface area contributed by atoms with E-state index in [0.29, 0.717) is 5.92 Å². The molecule has 0 aromatic heterocycles. The molecule has 1 heterocycles. The number of hydrogen-bond acceptors (Lipinski definition) is 4. The van der Waals surface area contributed by atoms with Gasteiger partial charge in [-0.25, -0.2) is 0 Å². The molecule has 0 aromatic rings. The maximum absolute atomic E-state index is 9.51. The molecule has 166 valence electrons. The van der Waals surface area contributed by atoms with E-state index in [9.17, 15) is 5.11 Å². The molecule has 1 atom stereocenters. The predicted molar refractivity (Wildman–Crippen MR) is 130 cm³/mol. The van der Waals surface area contributed by atoms with Crippen molar-refractivity contribution >= 4 is 29.9 Å². The molecule has 1 aliphatic heterocycles. The molecule has 3 N–H and O–H groups in total. The Morgan fingerprint density at radius 1 is 1.11 bits per heavy atom. The zero-order chi connectivity index (χ0) is 19.5. The number of piperazine rings is 1. The van der Waals surface area contributed by atoms with Crippen molar-refractivity contribution in [1.82, 2.24) is 20.4 Å². The van der Waals surface area contributed by atoms with E-state index < -0.39 is 0 Å². The van der Waals surface area contributed by atoms with Crippen molar-refractivity contribution in [3.05, 3.63) is 0 Å². The highest BCUT2D eigenvalue weighted by molar-refractivity contribution is 14.0. The largest absolute Gasteiger partial charge is 0.396 e. The van der Waals surface area contributed by atoms with E-state index in [1.807, 2.05) is 0 Å². The van der Waals surface area contributed by atoms with Crippen molar-refractivity contribution in [3.63, 3.8) is 0 Å². The maximum atomic E-state index is 9.51. The number of nitrogens with one attached hydrogen (secondary N) is 2. The van der Waals surface area contributed by atoms with Crippen LogP contribution in [0.1, 0.15) is 52.4 Å². The van der Waals surface area contributed by atoms with E-state index in [1.54, 1.807) is 0 Å². The Balaban J connectivity index is 0.00000392. The summed E-state index contributed by atoms with van der Waals surface area (Å²) in [7, 11) is 2.21. The van der Waals surface area contributed by atoms with Crippen molar-refractivity contribution in [2.75, 3.05) is 66.0 Å². The monoisotopic (exact) mass is 509 g/mol. The van der Waals surface area contributed by atoms with Gasteiger partial charge in [-0.05, 0) is 44.6 Å². The van der Waals surface area contributed by atoms with Crippen molar-refractivity contribution in [3.8, 4) is 0 Å². The number of hydrogen-bond donors (Lipinski definition) is 3. The molecule has 1 unspecified atom stereocenters. The SMILES string of the molecule is CCNC(=NCC1(CCO)CCCCC1)NCC(C)CN1CCN(C)CC1.I. The predicted octanol–water partition coefficient (Wildman–Crippen LogP) is 2.38. The Hall–Kier alpha value is -0.120. The van der Waals surface area contributed by atoms with E-state index >= 15 is 0 Å². The first kappa shape index (κ1) is 25.9. The third-order valence-corrected chi connectivity index (χ3v) is 6.26. The molecule has 2 aliphatic rings. The number of aliphatic imine (C=N–C) groups is 1. The average molecular weight is 510 g/mol. The van der Waals surface area contributed by atoms with E-state index in [4.69, 9.17) is 4.99 Å². The minimum atomic E-state index is 0. The van der Waals surface area contributed by atoms with Gasteiger partial charge in [-0.1, -0.05) is 26.2 Å². The summed E-state index contributed by atoms with van der Waals surface area (Å²) in [4.78, 5) is 9.90. The van der Waals surface area contributed by atoms with Gasteiger partial charge in [0.2, 0.25) is 0 Å². The van der Waals surface area contributed by atoms with Gasteiger partial charge in [-0.2, -0.15) is 0 Å². The summed E-state index contributed by atoms with van der Waals surface area (Å²) < 4.78 is 0. The van der Waals surface area contributed by atoms with Gasteiger partial charge in [0.25, 0.3) is 0 Å². The highest BCUT2D eigenvalue weighted by Gasteiger charge is 2.31.